The molecular formula is C15H15N7OS. The first kappa shape index (κ1) is 14.9. The Balaban J connectivity index is 1.41. The molecule has 2 N–H and O–H groups in total. The highest BCUT2D eigenvalue weighted by Gasteiger charge is 2.19. The third-order valence-corrected chi connectivity index (χ3v) is 4.94. The predicted octanol–water partition coefficient (Wildman–Crippen LogP) is 1.53. The van der Waals surface area contributed by atoms with E-state index < -0.39 is 0 Å². The minimum absolute atomic E-state index is 0.174. The molecule has 0 unspecified atom stereocenters. The summed E-state index contributed by atoms with van der Waals surface area (Å²) < 4.78 is 0. The van der Waals surface area contributed by atoms with Gasteiger partial charge >= 0.3 is 0 Å². The Morgan fingerprint density at radius 1 is 1.25 bits per heavy atom. The third-order valence-electron chi connectivity index (χ3n) is 3.78. The molecule has 0 radical (unpaired) electrons. The van der Waals surface area contributed by atoms with Crippen LogP contribution < -0.4 is 5.32 Å². The molecule has 0 saturated heterocycles. The highest BCUT2D eigenvalue weighted by molar-refractivity contribution is 7.13. The van der Waals surface area contributed by atoms with E-state index in [1.54, 1.807) is 18.6 Å². The average molecular weight is 341 g/mol. The lowest BCUT2D eigenvalue weighted by molar-refractivity contribution is 0.0949. The van der Waals surface area contributed by atoms with Gasteiger partial charge in [-0.15, -0.1) is 11.3 Å². The third kappa shape index (κ3) is 3.02. The van der Waals surface area contributed by atoms with Crippen LogP contribution in [-0.4, -0.2) is 36.0 Å². The molecule has 0 aliphatic heterocycles. The summed E-state index contributed by atoms with van der Waals surface area (Å²) in [5.41, 5.74) is 1.67. The number of rotatable bonds is 4. The highest BCUT2D eigenvalue weighted by atomic mass is 32.1. The molecular weight excluding hydrogens is 326 g/mol. The summed E-state index contributed by atoms with van der Waals surface area (Å²) in [6, 6.07) is 0. The van der Waals surface area contributed by atoms with Gasteiger partial charge in [-0.1, -0.05) is 0 Å². The van der Waals surface area contributed by atoms with E-state index in [9.17, 15) is 4.79 Å². The molecule has 9 heteroatoms. The van der Waals surface area contributed by atoms with Crippen molar-refractivity contribution in [2.45, 2.75) is 32.2 Å². The monoisotopic (exact) mass is 341 g/mol. The number of fused-ring (bicyclic) bond motifs is 1. The summed E-state index contributed by atoms with van der Waals surface area (Å²) in [6.07, 6.45) is 9.10. The van der Waals surface area contributed by atoms with Crippen LogP contribution in [0.1, 0.15) is 39.0 Å². The Morgan fingerprint density at radius 2 is 2.17 bits per heavy atom. The molecule has 0 spiro atoms. The molecule has 0 atom stereocenters. The SMILES string of the molecule is O=C(NCc1nc(-c2cnccn2)n[nH]1)c1nc2c(s1)CCCC2. The van der Waals surface area contributed by atoms with Crippen molar-refractivity contribution in [2.75, 3.05) is 0 Å². The summed E-state index contributed by atoms with van der Waals surface area (Å²) in [5, 5.41) is 10.2. The Bertz CT molecular complexity index is 834. The van der Waals surface area contributed by atoms with E-state index in [-0.39, 0.29) is 12.5 Å². The topological polar surface area (TPSA) is 109 Å². The lowest BCUT2D eigenvalue weighted by Crippen LogP contribution is -2.23. The Hall–Kier alpha value is -2.68. The Labute approximate surface area is 141 Å². The summed E-state index contributed by atoms with van der Waals surface area (Å²) >= 11 is 1.49. The van der Waals surface area contributed by atoms with Crippen molar-refractivity contribution < 1.29 is 4.79 Å². The quantitative estimate of drug-likeness (QED) is 0.745. The maximum absolute atomic E-state index is 12.3. The van der Waals surface area contributed by atoms with E-state index in [2.05, 4.69) is 35.5 Å². The van der Waals surface area contributed by atoms with Crippen LogP contribution in [0.25, 0.3) is 11.5 Å². The summed E-state index contributed by atoms with van der Waals surface area (Å²) in [5.74, 6) is 0.842. The van der Waals surface area contributed by atoms with Crippen LogP contribution in [0.4, 0.5) is 0 Å². The molecule has 0 aromatic carbocycles. The normalized spacial score (nSPS) is 13.5. The molecule has 0 saturated carbocycles. The van der Waals surface area contributed by atoms with Crippen LogP contribution in [0.5, 0.6) is 0 Å². The van der Waals surface area contributed by atoms with Crippen molar-refractivity contribution >= 4 is 17.2 Å². The smallest absolute Gasteiger partial charge is 0.280 e. The second kappa shape index (κ2) is 6.44. The van der Waals surface area contributed by atoms with Crippen molar-refractivity contribution in [2.24, 2.45) is 0 Å². The molecule has 3 aromatic heterocycles. The lowest BCUT2D eigenvalue weighted by atomic mass is 10.0. The average Bonchev–Trinajstić information content (AvgIpc) is 3.27. The number of H-pyrrole nitrogens is 1. The number of nitrogens with one attached hydrogen (secondary N) is 2. The van der Waals surface area contributed by atoms with E-state index in [0.717, 1.165) is 25.0 Å². The van der Waals surface area contributed by atoms with Gasteiger partial charge in [0.05, 0.1) is 18.4 Å². The minimum Gasteiger partial charge on any atom is -0.343 e. The molecule has 1 aliphatic rings. The largest absolute Gasteiger partial charge is 0.343 e. The van der Waals surface area contributed by atoms with Crippen molar-refractivity contribution in [3.8, 4) is 11.5 Å². The molecule has 3 heterocycles. The molecule has 0 fully saturated rings. The second-order valence-corrected chi connectivity index (χ2v) is 6.56. The first-order valence-corrected chi connectivity index (χ1v) is 8.55. The minimum atomic E-state index is -0.174. The van der Waals surface area contributed by atoms with E-state index in [0.29, 0.717) is 22.4 Å². The van der Waals surface area contributed by atoms with Gasteiger partial charge in [0, 0.05) is 17.3 Å². The van der Waals surface area contributed by atoms with E-state index in [1.165, 1.54) is 22.6 Å². The summed E-state index contributed by atoms with van der Waals surface area (Å²) in [4.78, 5) is 30.4. The number of thiazole rings is 1. The van der Waals surface area contributed by atoms with Gasteiger partial charge in [0.1, 0.15) is 11.5 Å². The number of nitrogens with zero attached hydrogens (tertiary/aromatic N) is 5. The highest BCUT2D eigenvalue weighted by Crippen LogP contribution is 2.26. The fraction of sp³-hybridized carbons (Fsp3) is 0.333. The van der Waals surface area contributed by atoms with Gasteiger partial charge in [-0.2, -0.15) is 5.10 Å². The second-order valence-electron chi connectivity index (χ2n) is 5.48. The molecule has 4 rings (SSSR count). The number of hydrogen-bond donors (Lipinski definition) is 2. The zero-order valence-corrected chi connectivity index (χ0v) is 13.6. The number of amides is 1. The number of aryl methyl sites for hydroxylation is 2. The van der Waals surface area contributed by atoms with Crippen molar-refractivity contribution in [1.29, 1.82) is 0 Å². The van der Waals surface area contributed by atoms with Crippen LogP contribution in [0, 0.1) is 0 Å². The van der Waals surface area contributed by atoms with Crippen LogP contribution >= 0.6 is 11.3 Å². The van der Waals surface area contributed by atoms with Gasteiger partial charge in [0.2, 0.25) is 5.82 Å². The number of aromatic amines is 1. The standard InChI is InChI=1S/C15H15N7OS/c23-14(15-19-9-3-1-2-4-11(9)24-15)18-8-12-20-13(22-21-12)10-7-16-5-6-17-10/h5-7H,1-4,8H2,(H,18,23)(H,20,21,22). The summed E-state index contributed by atoms with van der Waals surface area (Å²) in [6.45, 7) is 0.260. The van der Waals surface area contributed by atoms with Crippen molar-refractivity contribution in [1.82, 2.24) is 35.5 Å². The molecule has 0 bridgehead atoms. The predicted molar refractivity (Wildman–Crippen MR) is 87.3 cm³/mol. The van der Waals surface area contributed by atoms with Gasteiger partial charge in [0.15, 0.2) is 5.01 Å². The van der Waals surface area contributed by atoms with Gasteiger partial charge in [-0.3, -0.25) is 14.9 Å². The van der Waals surface area contributed by atoms with Crippen LogP contribution in [0.3, 0.4) is 0 Å². The maximum atomic E-state index is 12.3. The van der Waals surface area contributed by atoms with Gasteiger partial charge in [0.25, 0.3) is 5.91 Å². The Morgan fingerprint density at radius 3 is 3.00 bits per heavy atom. The zero-order chi connectivity index (χ0) is 16.4. The van der Waals surface area contributed by atoms with Crippen LogP contribution in [0.15, 0.2) is 18.6 Å². The fourth-order valence-electron chi connectivity index (χ4n) is 2.59. The first-order valence-electron chi connectivity index (χ1n) is 7.74. The van der Waals surface area contributed by atoms with Crippen molar-refractivity contribution in [3.05, 3.63) is 40.0 Å². The van der Waals surface area contributed by atoms with Gasteiger partial charge in [-0.25, -0.2) is 15.0 Å². The molecule has 8 nitrogen and oxygen atoms in total. The molecule has 3 aromatic rings. The number of carbonyl (C=O) groups excluding carboxylic acids is 1. The van der Waals surface area contributed by atoms with Gasteiger partial charge in [-0.05, 0) is 25.7 Å². The number of carbonyl (C=O) groups is 1. The van der Waals surface area contributed by atoms with Gasteiger partial charge < -0.3 is 5.32 Å². The molecule has 1 amide bonds. The van der Waals surface area contributed by atoms with Crippen LogP contribution in [-0.2, 0) is 19.4 Å². The fourth-order valence-corrected chi connectivity index (χ4v) is 3.66. The lowest BCUT2D eigenvalue weighted by Gasteiger charge is -2.06. The Kier molecular flexibility index (Phi) is 3.99. The molecule has 24 heavy (non-hydrogen) atoms. The number of hydrogen-bond acceptors (Lipinski definition) is 7. The van der Waals surface area contributed by atoms with E-state index >= 15 is 0 Å². The first-order chi connectivity index (χ1) is 11.8. The summed E-state index contributed by atoms with van der Waals surface area (Å²) in [7, 11) is 0. The molecule has 1 aliphatic carbocycles. The molecule has 122 valence electrons. The number of aromatic nitrogens is 6. The van der Waals surface area contributed by atoms with Crippen molar-refractivity contribution in [3.63, 3.8) is 0 Å². The zero-order valence-electron chi connectivity index (χ0n) is 12.8. The maximum Gasteiger partial charge on any atom is 0.280 e. The van der Waals surface area contributed by atoms with E-state index in [1.807, 2.05) is 0 Å². The van der Waals surface area contributed by atoms with E-state index in [4.69, 9.17) is 0 Å². The van der Waals surface area contributed by atoms with Crippen LogP contribution in [0.2, 0.25) is 0 Å².